The number of hydrogen-bond donors (Lipinski definition) is 1. The smallest absolute Gasteiger partial charge is 0.0553 e. The van der Waals surface area contributed by atoms with Gasteiger partial charge in [-0.25, -0.2) is 0 Å². The van der Waals surface area contributed by atoms with E-state index in [1.165, 1.54) is 26.8 Å². The van der Waals surface area contributed by atoms with E-state index in [9.17, 15) is 0 Å². The highest BCUT2D eigenvalue weighted by molar-refractivity contribution is 14.1. The number of rotatable bonds is 1. The molecule has 0 saturated heterocycles. The van der Waals surface area contributed by atoms with Gasteiger partial charge in [-0.1, -0.05) is 42.5 Å². The quantitative estimate of drug-likeness (QED) is 0.541. The van der Waals surface area contributed by atoms with E-state index >= 15 is 0 Å². The first-order chi connectivity index (χ1) is 9.83. The van der Waals surface area contributed by atoms with E-state index in [1.54, 1.807) is 0 Å². The third-order valence-corrected chi connectivity index (χ3v) is 5.15. The molecule has 3 atom stereocenters. The van der Waals surface area contributed by atoms with Crippen LogP contribution < -0.4 is 5.32 Å². The summed E-state index contributed by atoms with van der Waals surface area (Å²) >= 11 is 2.40. The van der Waals surface area contributed by atoms with Gasteiger partial charge >= 0.3 is 0 Å². The number of nitrogens with one attached hydrogen (secondary N) is 1. The zero-order chi connectivity index (χ0) is 13.5. The molecule has 2 heteroatoms. The van der Waals surface area contributed by atoms with Gasteiger partial charge in [-0.3, -0.25) is 0 Å². The average molecular weight is 373 g/mol. The molecule has 0 radical (unpaired) electrons. The van der Waals surface area contributed by atoms with Gasteiger partial charge in [-0.2, -0.15) is 0 Å². The summed E-state index contributed by atoms with van der Waals surface area (Å²) in [5.41, 5.74) is 4.16. The zero-order valence-electron chi connectivity index (χ0n) is 11.1. The summed E-state index contributed by atoms with van der Waals surface area (Å²) in [5, 5.41) is 3.77. The van der Waals surface area contributed by atoms with E-state index < -0.39 is 0 Å². The Kier molecular flexibility index (Phi) is 3.06. The van der Waals surface area contributed by atoms with E-state index in [-0.39, 0.29) is 0 Å². The molecule has 2 aromatic rings. The van der Waals surface area contributed by atoms with Crippen LogP contribution in [-0.4, -0.2) is 0 Å². The van der Waals surface area contributed by atoms with Crippen molar-refractivity contribution in [1.82, 2.24) is 0 Å². The van der Waals surface area contributed by atoms with Crippen molar-refractivity contribution >= 4 is 28.3 Å². The van der Waals surface area contributed by atoms with Crippen LogP contribution in [0.25, 0.3) is 0 Å². The molecule has 0 aromatic heterocycles. The van der Waals surface area contributed by atoms with Crippen molar-refractivity contribution in [3.8, 4) is 0 Å². The van der Waals surface area contributed by atoms with Gasteiger partial charge < -0.3 is 5.32 Å². The highest BCUT2D eigenvalue weighted by Gasteiger charge is 2.37. The highest BCUT2D eigenvalue weighted by Crippen LogP contribution is 2.49. The van der Waals surface area contributed by atoms with Gasteiger partial charge in [0.1, 0.15) is 0 Å². The fourth-order valence-electron chi connectivity index (χ4n) is 3.56. The van der Waals surface area contributed by atoms with Gasteiger partial charge in [0.2, 0.25) is 0 Å². The van der Waals surface area contributed by atoms with Gasteiger partial charge in [0.25, 0.3) is 0 Å². The first-order valence-corrected chi connectivity index (χ1v) is 8.18. The lowest BCUT2D eigenvalue weighted by Gasteiger charge is -2.37. The van der Waals surface area contributed by atoms with Crippen LogP contribution in [-0.2, 0) is 0 Å². The van der Waals surface area contributed by atoms with Gasteiger partial charge in [-0.05, 0) is 64.3 Å². The first kappa shape index (κ1) is 12.5. The first-order valence-electron chi connectivity index (χ1n) is 7.10. The third kappa shape index (κ3) is 1.97. The van der Waals surface area contributed by atoms with Crippen LogP contribution in [0.4, 0.5) is 5.69 Å². The standard InChI is InChI=1S/C18H16IN/c19-13-9-10-17-16(11-13)14-7-4-8-15(14)18(20-17)12-5-2-1-3-6-12/h1-7,9-11,14-15,18,20H,8H2/t14-,15+,18+/m1/s1. The largest absolute Gasteiger partial charge is 0.378 e. The maximum absolute atomic E-state index is 3.77. The van der Waals surface area contributed by atoms with Crippen molar-refractivity contribution < 1.29 is 0 Å². The SMILES string of the molecule is Ic1ccc2c(c1)[C@@H]1C=CC[C@@H]1[C@H](c1ccccc1)N2. The Morgan fingerprint density at radius 1 is 1.05 bits per heavy atom. The summed E-state index contributed by atoms with van der Waals surface area (Å²) in [6, 6.07) is 18.0. The molecule has 1 heterocycles. The van der Waals surface area contributed by atoms with Crippen molar-refractivity contribution in [3.63, 3.8) is 0 Å². The topological polar surface area (TPSA) is 12.0 Å². The normalized spacial score (nSPS) is 26.8. The van der Waals surface area contributed by atoms with Gasteiger partial charge in [-0.15, -0.1) is 0 Å². The van der Waals surface area contributed by atoms with Crippen molar-refractivity contribution in [2.75, 3.05) is 5.32 Å². The van der Waals surface area contributed by atoms with Crippen molar-refractivity contribution in [2.45, 2.75) is 18.4 Å². The monoisotopic (exact) mass is 373 g/mol. The second-order valence-corrected chi connectivity index (χ2v) is 6.86. The number of hydrogen-bond acceptors (Lipinski definition) is 1. The molecular formula is C18H16IN. The maximum Gasteiger partial charge on any atom is 0.0553 e. The van der Waals surface area contributed by atoms with E-state index in [1.807, 2.05) is 0 Å². The predicted molar refractivity (Wildman–Crippen MR) is 92.0 cm³/mol. The van der Waals surface area contributed by atoms with Crippen LogP contribution in [0.1, 0.15) is 29.5 Å². The molecule has 0 spiro atoms. The minimum Gasteiger partial charge on any atom is -0.378 e. The number of benzene rings is 2. The molecule has 0 bridgehead atoms. The van der Waals surface area contributed by atoms with Crippen molar-refractivity contribution in [1.29, 1.82) is 0 Å². The molecule has 0 unspecified atom stereocenters. The summed E-state index contributed by atoms with van der Waals surface area (Å²) in [6.45, 7) is 0. The lowest BCUT2D eigenvalue weighted by atomic mass is 9.77. The molecule has 4 rings (SSSR count). The van der Waals surface area contributed by atoms with Crippen LogP contribution in [0.5, 0.6) is 0 Å². The molecule has 1 aliphatic heterocycles. The van der Waals surface area contributed by atoms with Crippen LogP contribution >= 0.6 is 22.6 Å². The number of allylic oxidation sites excluding steroid dienone is 2. The Hall–Kier alpha value is -1.29. The van der Waals surface area contributed by atoms with Crippen molar-refractivity contribution in [3.05, 3.63) is 75.4 Å². The van der Waals surface area contributed by atoms with Gasteiger partial charge in [0.05, 0.1) is 6.04 Å². The fourth-order valence-corrected chi connectivity index (χ4v) is 4.07. The van der Waals surface area contributed by atoms with Gasteiger partial charge in [0.15, 0.2) is 0 Å². The minimum absolute atomic E-state index is 0.420. The fraction of sp³-hybridized carbons (Fsp3) is 0.222. The number of anilines is 1. The maximum atomic E-state index is 3.77. The van der Waals surface area contributed by atoms with E-state index in [0.717, 1.165) is 0 Å². The second-order valence-electron chi connectivity index (χ2n) is 5.62. The molecule has 0 fully saturated rings. The molecule has 1 N–H and O–H groups in total. The molecule has 0 amide bonds. The summed E-state index contributed by atoms with van der Waals surface area (Å²) < 4.78 is 1.32. The lowest BCUT2D eigenvalue weighted by molar-refractivity contribution is 0.425. The molecule has 20 heavy (non-hydrogen) atoms. The Morgan fingerprint density at radius 3 is 2.75 bits per heavy atom. The van der Waals surface area contributed by atoms with Crippen LogP contribution in [0.15, 0.2) is 60.7 Å². The highest BCUT2D eigenvalue weighted by atomic mass is 127. The summed E-state index contributed by atoms with van der Waals surface area (Å²) in [5.74, 6) is 1.20. The summed E-state index contributed by atoms with van der Waals surface area (Å²) in [7, 11) is 0. The van der Waals surface area contributed by atoms with Crippen molar-refractivity contribution in [2.24, 2.45) is 5.92 Å². The summed E-state index contributed by atoms with van der Waals surface area (Å²) in [4.78, 5) is 0. The molecule has 0 saturated carbocycles. The Morgan fingerprint density at radius 2 is 1.90 bits per heavy atom. The lowest BCUT2D eigenvalue weighted by Crippen LogP contribution is -2.29. The average Bonchev–Trinajstić information content (AvgIpc) is 2.97. The molecule has 1 aliphatic carbocycles. The van der Waals surface area contributed by atoms with Crippen LogP contribution in [0.3, 0.4) is 0 Å². The Bertz CT molecular complexity index is 662. The summed E-state index contributed by atoms with van der Waals surface area (Å²) in [6.07, 6.45) is 5.92. The Labute approximate surface area is 133 Å². The van der Waals surface area contributed by atoms with Gasteiger partial charge in [0, 0.05) is 15.2 Å². The molecule has 1 nitrogen and oxygen atoms in total. The van der Waals surface area contributed by atoms with Crippen LogP contribution in [0.2, 0.25) is 0 Å². The zero-order valence-corrected chi connectivity index (χ0v) is 13.2. The van der Waals surface area contributed by atoms with E-state index in [0.29, 0.717) is 17.9 Å². The second kappa shape index (κ2) is 4.92. The van der Waals surface area contributed by atoms with Crippen LogP contribution in [0, 0.1) is 9.49 Å². The Balaban J connectivity index is 1.80. The molecule has 100 valence electrons. The minimum atomic E-state index is 0.420. The predicted octanol–water partition coefficient (Wildman–Crippen LogP) is 5.12. The molecule has 2 aromatic carbocycles. The number of fused-ring (bicyclic) bond motifs is 3. The van der Waals surface area contributed by atoms with E-state index in [4.69, 9.17) is 0 Å². The van der Waals surface area contributed by atoms with E-state index in [2.05, 4.69) is 88.6 Å². The molecular weight excluding hydrogens is 357 g/mol. The number of halogens is 1. The third-order valence-electron chi connectivity index (χ3n) is 4.48. The molecule has 2 aliphatic rings.